The summed E-state index contributed by atoms with van der Waals surface area (Å²) in [4.78, 5) is 23.1. The fourth-order valence-electron chi connectivity index (χ4n) is 1.80. The van der Waals surface area contributed by atoms with Crippen molar-refractivity contribution in [1.82, 2.24) is 5.32 Å². The van der Waals surface area contributed by atoms with Crippen molar-refractivity contribution in [2.75, 3.05) is 33.5 Å². The predicted octanol–water partition coefficient (Wildman–Crippen LogP) is 1.68. The van der Waals surface area contributed by atoms with E-state index in [0.29, 0.717) is 39.2 Å². The van der Waals surface area contributed by atoms with Crippen molar-refractivity contribution < 1.29 is 23.8 Å². The fraction of sp³-hybridized carbons (Fsp3) is 0.529. The Balaban J connectivity index is 1.98. The van der Waals surface area contributed by atoms with Gasteiger partial charge in [-0.2, -0.15) is 0 Å². The summed E-state index contributed by atoms with van der Waals surface area (Å²) in [6.45, 7) is 2.23. The number of rotatable bonds is 12. The van der Waals surface area contributed by atoms with Gasteiger partial charge < -0.3 is 19.5 Å². The van der Waals surface area contributed by atoms with Crippen LogP contribution in [-0.2, 0) is 30.4 Å². The van der Waals surface area contributed by atoms with E-state index < -0.39 is 0 Å². The van der Waals surface area contributed by atoms with Gasteiger partial charge in [-0.3, -0.25) is 9.59 Å². The highest BCUT2D eigenvalue weighted by Crippen LogP contribution is 2.03. The molecule has 0 saturated heterocycles. The van der Waals surface area contributed by atoms with Gasteiger partial charge in [-0.1, -0.05) is 30.3 Å². The number of carbonyl (C=O) groups excluding carboxylic acids is 2. The summed E-state index contributed by atoms with van der Waals surface area (Å²) in [6, 6.07) is 9.50. The normalized spacial score (nSPS) is 10.3. The second-order valence-electron chi connectivity index (χ2n) is 4.95. The number of amides is 1. The number of esters is 1. The Hall–Kier alpha value is -1.92. The molecule has 0 aliphatic heterocycles. The second-order valence-corrected chi connectivity index (χ2v) is 4.95. The number of nitrogens with one attached hydrogen (secondary N) is 1. The first-order chi connectivity index (χ1) is 11.2. The Morgan fingerprint density at radius 1 is 1.04 bits per heavy atom. The van der Waals surface area contributed by atoms with E-state index in [2.05, 4.69) is 5.32 Å². The maximum absolute atomic E-state index is 11.6. The molecule has 0 unspecified atom stereocenters. The highest BCUT2D eigenvalue weighted by Gasteiger charge is 2.06. The summed E-state index contributed by atoms with van der Waals surface area (Å²) in [5, 5.41) is 2.73. The first kappa shape index (κ1) is 19.1. The van der Waals surface area contributed by atoms with Crippen molar-refractivity contribution in [3.8, 4) is 0 Å². The van der Waals surface area contributed by atoms with Crippen LogP contribution in [0.3, 0.4) is 0 Å². The topological polar surface area (TPSA) is 73.9 Å². The molecule has 0 aliphatic rings. The molecule has 1 N–H and O–H groups in total. The van der Waals surface area contributed by atoms with Crippen molar-refractivity contribution in [2.45, 2.75) is 25.9 Å². The Labute approximate surface area is 137 Å². The number of carbonyl (C=O) groups is 2. The summed E-state index contributed by atoms with van der Waals surface area (Å²) in [5.74, 6) is -0.374. The lowest BCUT2D eigenvalue weighted by molar-refractivity contribution is -0.145. The molecule has 0 aliphatic carbocycles. The van der Waals surface area contributed by atoms with Crippen LogP contribution in [0.25, 0.3) is 0 Å². The molecule has 0 atom stereocenters. The average molecular weight is 323 g/mol. The number of hydrogen-bond donors (Lipinski definition) is 1. The summed E-state index contributed by atoms with van der Waals surface area (Å²) < 4.78 is 15.2. The van der Waals surface area contributed by atoms with Gasteiger partial charge in [0, 0.05) is 26.5 Å². The van der Waals surface area contributed by atoms with Crippen LogP contribution in [0.5, 0.6) is 0 Å². The van der Waals surface area contributed by atoms with E-state index in [1.807, 2.05) is 30.3 Å². The third-order valence-electron chi connectivity index (χ3n) is 3.03. The maximum Gasteiger partial charge on any atom is 0.306 e. The lowest BCUT2D eigenvalue weighted by atomic mass is 10.2. The molecule has 23 heavy (non-hydrogen) atoms. The average Bonchev–Trinajstić information content (AvgIpc) is 2.57. The molecule has 0 bridgehead atoms. The van der Waals surface area contributed by atoms with E-state index in [9.17, 15) is 9.59 Å². The molecular weight excluding hydrogens is 298 g/mol. The van der Waals surface area contributed by atoms with Gasteiger partial charge in [-0.25, -0.2) is 0 Å². The third kappa shape index (κ3) is 10.4. The quantitative estimate of drug-likeness (QED) is 0.468. The molecule has 0 fully saturated rings. The molecule has 1 rings (SSSR count). The molecule has 1 amide bonds. The zero-order valence-electron chi connectivity index (χ0n) is 13.6. The van der Waals surface area contributed by atoms with Gasteiger partial charge in [-0.05, 0) is 12.0 Å². The summed E-state index contributed by atoms with van der Waals surface area (Å²) in [7, 11) is 1.61. The van der Waals surface area contributed by atoms with E-state index in [4.69, 9.17) is 14.2 Å². The van der Waals surface area contributed by atoms with Crippen LogP contribution in [-0.4, -0.2) is 45.4 Å². The fourth-order valence-corrected chi connectivity index (χ4v) is 1.80. The summed E-state index contributed by atoms with van der Waals surface area (Å²) >= 11 is 0. The molecule has 0 saturated carbocycles. The van der Waals surface area contributed by atoms with E-state index in [-0.39, 0.29) is 24.9 Å². The minimum absolute atomic E-state index is 0.0869. The second kappa shape index (κ2) is 12.6. The van der Waals surface area contributed by atoms with Gasteiger partial charge in [0.05, 0.1) is 19.8 Å². The molecule has 0 radical (unpaired) electrons. The largest absolute Gasteiger partial charge is 0.461 e. The molecular formula is C17H25NO5. The van der Waals surface area contributed by atoms with E-state index in [1.54, 1.807) is 7.11 Å². The lowest BCUT2D eigenvalue weighted by Gasteiger charge is -2.07. The van der Waals surface area contributed by atoms with Crippen molar-refractivity contribution in [2.24, 2.45) is 0 Å². The predicted molar refractivity (Wildman–Crippen MR) is 85.8 cm³/mol. The maximum atomic E-state index is 11.6. The van der Waals surface area contributed by atoms with Gasteiger partial charge in [0.15, 0.2) is 0 Å². The van der Waals surface area contributed by atoms with Crippen LogP contribution in [0.2, 0.25) is 0 Å². The Morgan fingerprint density at radius 3 is 2.57 bits per heavy atom. The summed E-state index contributed by atoms with van der Waals surface area (Å²) in [6.07, 6.45) is 1.02. The standard InChI is InChI=1S/C17H25NO5/c1-21-12-13-22-11-10-18-16(19)8-5-9-17(20)23-14-15-6-3-2-4-7-15/h2-4,6-7H,5,8-14H2,1H3,(H,18,19). The number of hydrogen-bond acceptors (Lipinski definition) is 5. The van der Waals surface area contributed by atoms with Crippen molar-refractivity contribution in [3.05, 3.63) is 35.9 Å². The highest BCUT2D eigenvalue weighted by molar-refractivity contribution is 5.76. The Bertz CT molecular complexity index is 450. The van der Waals surface area contributed by atoms with Gasteiger partial charge in [0.1, 0.15) is 6.61 Å². The highest BCUT2D eigenvalue weighted by atomic mass is 16.5. The zero-order valence-corrected chi connectivity index (χ0v) is 13.6. The zero-order chi connectivity index (χ0) is 16.8. The van der Waals surface area contributed by atoms with Crippen molar-refractivity contribution in [3.63, 3.8) is 0 Å². The van der Waals surface area contributed by atoms with Crippen LogP contribution in [0.4, 0.5) is 0 Å². The van der Waals surface area contributed by atoms with Gasteiger partial charge in [0.2, 0.25) is 5.91 Å². The number of benzene rings is 1. The first-order valence-corrected chi connectivity index (χ1v) is 7.75. The van der Waals surface area contributed by atoms with Crippen LogP contribution in [0.15, 0.2) is 30.3 Å². The molecule has 0 heterocycles. The van der Waals surface area contributed by atoms with Crippen LogP contribution in [0, 0.1) is 0 Å². The summed E-state index contributed by atoms with van der Waals surface area (Å²) in [5.41, 5.74) is 0.951. The van der Waals surface area contributed by atoms with Crippen molar-refractivity contribution in [1.29, 1.82) is 0 Å². The Morgan fingerprint density at radius 2 is 1.83 bits per heavy atom. The van der Waals surface area contributed by atoms with Gasteiger partial charge >= 0.3 is 5.97 Å². The van der Waals surface area contributed by atoms with E-state index >= 15 is 0 Å². The minimum atomic E-state index is -0.287. The van der Waals surface area contributed by atoms with Crippen LogP contribution < -0.4 is 5.32 Å². The molecule has 1 aromatic rings. The van der Waals surface area contributed by atoms with Gasteiger partial charge in [-0.15, -0.1) is 0 Å². The van der Waals surface area contributed by atoms with E-state index in [0.717, 1.165) is 5.56 Å². The third-order valence-corrected chi connectivity index (χ3v) is 3.03. The minimum Gasteiger partial charge on any atom is -0.461 e. The molecule has 1 aromatic carbocycles. The first-order valence-electron chi connectivity index (χ1n) is 7.75. The SMILES string of the molecule is COCCOCCNC(=O)CCCC(=O)OCc1ccccc1. The van der Waals surface area contributed by atoms with Crippen molar-refractivity contribution >= 4 is 11.9 Å². The smallest absolute Gasteiger partial charge is 0.306 e. The number of ether oxygens (including phenoxy) is 3. The Kier molecular flexibility index (Phi) is 10.5. The lowest BCUT2D eigenvalue weighted by Crippen LogP contribution is -2.27. The molecule has 6 nitrogen and oxygen atoms in total. The monoisotopic (exact) mass is 323 g/mol. The van der Waals surface area contributed by atoms with Crippen LogP contribution in [0.1, 0.15) is 24.8 Å². The molecule has 0 spiro atoms. The van der Waals surface area contributed by atoms with Gasteiger partial charge in [0.25, 0.3) is 0 Å². The number of methoxy groups -OCH3 is 1. The molecule has 6 heteroatoms. The molecule has 128 valence electrons. The molecule has 0 aromatic heterocycles. The van der Waals surface area contributed by atoms with E-state index in [1.165, 1.54) is 0 Å². The van der Waals surface area contributed by atoms with Crippen LogP contribution >= 0.6 is 0 Å².